The van der Waals surface area contributed by atoms with Gasteiger partial charge in [0.15, 0.2) is 5.82 Å². The van der Waals surface area contributed by atoms with Crippen LogP contribution in [0.25, 0.3) is 22.2 Å². The lowest BCUT2D eigenvalue weighted by atomic mass is 9.95. The van der Waals surface area contributed by atoms with E-state index in [9.17, 15) is 5.11 Å². The zero-order valence-corrected chi connectivity index (χ0v) is 21.9. The normalized spacial score (nSPS) is 24.3. The topological polar surface area (TPSA) is 86.6 Å². The Hall–Kier alpha value is -3.04. The molecule has 9 heteroatoms. The van der Waals surface area contributed by atoms with Crippen molar-refractivity contribution in [2.45, 2.75) is 69.5 Å². The molecule has 2 bridgehead atoms. The van der Waals surface area contributed by atoms with E-state index in [4.69, 9.17) is 9.72 Å². The lowest BCUT2D eigenvalue weighted by Gasteiger charge is -2.34. The molecule has 1 aromatic carbocycles. The van der Waals surface area contributed by atoms with Gasteiger partial charge in [-0.2, -0.15) is 9.97 Å². The fourth-order valence-electron chi connectivity index (χ4n) is 7.24. The SMILES string of the molecule is CCc1ccc(O)cc1-c1ncc2c(N3CC4CCC(C3)N4)nc(OCC34CCCN3CCC4)nc2c1F. The number of phenols is 1. The summed E-state index contributed by atoms with van der Waals surface area (Å²) in [5.74, 6) is 0.273. The highest BCUT2D eigenvalue weighted by atomic mass is 19.1. The van der Waals surface area contributed by atoms with E-state index in [1.54, 1.807) is 18.3 Å². The predicted octanol–water partition coefficient (Wildman–Crippen LogP) is 4.05. The first-order valence-electron chi connectivity index (χ1n) is 14.1. The molecule has 4 saturated heterocycles. The van der Waals surface area contributed by atoms with Gasteiger partial charge in [0.25, 0.3) is 0 Å². The number of benzene rings is 1. The molecular formula is C29H35FN6O2. The summed E-state index contributed by atoms with van der Waals surface area (Å²) in [5.41, 5.74) is 1.96. The number of nitrogens with one attached hydrogen (secondary N) is 1. The quantitative estimate of drug-likeness (QED) is 0.506. The number of anilines is 1. The van der Waals surface area contributed by atoms with Crippen LogP contribution in [-0.4, -0.2) is 75.4 Å². The van der Waals surface area contributed by atoms with E-state index in [0.29, 0.717) is 41.9 Å². The lowest BCUT2D eigenvalue weighted by molar-refractivity contribution is 0.108. The van der Waals surface area contributed by atoms with Crippen LogP contribution in [0.3, 0.4) is 0 Å². The molecule has 0 radical (unpaired) electrons. The van der Waals surface area contributed by atoms with Gasteiger partial charge in [-0.3, -0.25) is 9.88 Å². The van der Waals surface area contributed by atoms with Gasteiger partial charge in [0, 0.05) is 36.9 Å². The highest BCUT2D eigenvalue weighted by Crippen LogP contribution is 2.40. The molecule has 0 saturated carbocycles. The van der Waals surface area contributed by atoms with Crippen molar-refractivity contribution in [1.29, 1.82) is 0 Å². The number of ether oxygens (including phenoxy) is 1. The average Bonchev–Trinajstić information content (AvgIpc) is 3.61. The number of hydrogen-bond acceptors (Lipinski definition) is 8. The summed E-state index contributed by atoms with van der Waals surface area (Å²) in [6.07, 6.45) is 9.27. The second kappa shape index (κ2) is 9.31. The molecule has 2 unspecified atom stereocenters. The Morgan fingerprint density at radius 2 is 1.89 bits per heavy atom. The minimum absolute atomic E-state index is 0.0478. The van der Waals surface area contributed by atoms with E-state index in [2.05, 4.69) is 25.1 Å². The molecule has 0 amide bonds. The summed E-state index contributed by atoms with van der Waals surface area (Å²) in [6.45, 7) is 6.39. The van der Waals surface area contributed by atoms with Gasteiger partial charge in [-0.15, -0.1) is 0 Å². The zero-order chi connectivity index (χ0) is 25.9. The molecule has 2 aromatic heterocycles. The van der Waals surface area contributed by atoms with Crippen molar-refractivity contribution < 1.29 is 14.2 Å². The van der Waals surface area contributed by atoms with Crippen LogP contribution in [0.1, 0.15) is 51.0 Å². The van der Waals surface area contributed by atoms with Crippen molar-refractivity contribution in [2.24, 2.45) is 0 Å². The Balaban J connectivity index is 1.32. The molecule has 6 heterocycles. The molecule has 2 N–H and O–H groups in total. The number of phenolic OH excluding ortho intramolecular Hbond substituents is 1. The van der Waals surface area contributed by atoms with Crippen molar-refractivity contribution in [2.75, 3.05) is 37.7 Å². The summed E-state index contributed by atoms with van der Waals surface area (Å²) in [4.78, 5) is 18.9. The monoisotopic (exact) mass is 518 g/mol. The van der Waals surface area contributed by atoms with E-state index in [1.807, 2.05) is 13.0 Å². The molecule has 0 spiro atoms. The average molecular weight is 519 g/mol. The fraction of sp³-hybridized carbons (Fsp3) is 0.552. The number of pyridine rings is 1. The summed E-state index contributed by atoms with van der Waals surface area (Å²) >= 11 is 0. The van der Waals surface area contributed by atoms with Crippen LogP contribution < -0.4 is 15.0 Å². The Morgan fingerprint density at radius 1 is 1.13 bits per heavy atom. The van der Waals surface area contributed by atoms with Gasteiger partial charge in [-0.25, -0.2) is 4.39 Å². The van der Waals surface area contributed by atoms with E-state index >= 15 is 4.39 Å². The Kier molecular flexibility index (Phi) is 5.89. The molecule has 7 rings (SSSR count). The molecule has 38 heavy (non-hydrogen) atoms. The smallest absolute Gasteiger partial charge is 0.319 e. The molecule has 2 atom stereocenters. The molecule has 4 fully saturated rings. The number of halogens is 1. The van der Waals surface area contributed by atoms with E-state index in [0.717, 1.165) is 57.4 Å². The van der Waals surface area contributed by atoms with Crippen LogP contribution >= 0.6 is 0 Å². The molecule has 4 aliphatic rings. The Labute approximate surface area is 222 Å². The molecular weight excluding hydrogens is 483 g/mol. The van der Waals surface area contributed by atoms with Crippen molar-refractivity contribution in [3.63, 3.8) is 0 Å². The first-order chi connectivity index (χ1) is 18.5. The molecule has 3 aromatic rings. The number of fused-ring (bicyclic) bond motifs is 4. The van der Waals surface area contributed by atoms with Gasteiger partial charge in [-0.1, -0.05) is 13.0 Å². The zero-order valence-electron chi connectivity index (χ0n) is 21.9. The Bertz CT molecular complexity index is 1360. The number of aryl methyl sites for hydroxylation is 1. The maximum atomic E-state index is 16.3. The third-order valence-electron chi connectivity index (χ3n) is 9.17. The molecule has 8 nitrogen and oxygen atoms in total. The second-order valence-corrected chi connectivity index (χ2v) is 11.5. The van der Waals surface area contributed by atoms with Crippen LogP contribution in [0.2, 0.25) is 0 Å². The van der Waals surface area contributed by atoms with Crippen LogP contribution in [0, 0.1) is 5.82 Å². The van der Waals surface area contributed by atoms with Crippen LogP contribution in [0.5, 0.6) is 11.8 Å². The molecule has 0 aliphatic carbocycles. The van der Waals surface area contributed by atoms with Gasteiger partial charge < -0.3 is 20.1 Å². The second-order valence-electron chi connectivity index (χ2n) is 11.5. The predicted molar refractivity (Wildman–Crippen MR) is 144 cm³/mol. The number of aromatic hydroxyl groups is 1. The van der Waals surface area contributed by atoms with E-state index in [-0.39, 0.29) is 28.5 Å². The first kappa shape index (κ1) is 24.0. The number of rotatable bonds is 6. The van der Waals surface area contributed by atoms with Crippen LogP contribution in [0.15, 0.2) is 24.4 Å². The maximum Gasteiger partial charge on any atom is 0.319 e. The summed E-state index contributed by atoms with van der Waals surface area (Å²) in [6, 6.07) is 6.07. The third kappa shape index (κ3) is 3.98. The minimum Gasteiger partial charge on any atom is -0.508 e. The number of nitrogens with zero attached hydrogens (tertiary/aromatic N) is 5. The summed E-state index contributed by atoms with van der Waals surface area (Å²) in [5, 5.41) is 14.4. The van der Waals surface area contributed by atoms with E-state index < -0.39 is 5.82 Å². The van der Waals surface area contributed by atoms with Crippen molar-refractivity contribution in [3.8, 4) is 23.0 Å². The van der Waals surface area contributed by atoms with Gasteiger partial charge in [0.1, 0.15) is 29.4 Å². The fourth-order valence-corrected chi connectivity index (χ4v) is 7.24. The number of piperazine rings is 1. The highest BCUT2D eigenvalue weighted by Gasteiger charge is 2.45. The van der Waals surface area contributed by atoms with Gasteiger partial charge >= 0.3 is 6.01 Å². The van der Waals surface area contributed by atoms with Gasteiger partial charge in [0.05, 0.1) is 10.9 Å². The van der Waals surface area contributed by atoms with Gasteiger partial charge in [0.2, 0.25) is 0 Å². The largest absolute Gasteiger partial charge is 0.508 e. The van der Waals surface area contributed by atoms with Crippen LogP contribution in [-0.2, 0) is 6.42 Å². The first-order valence-corrected chi connectivity index (χ1v) is 14.1. The molecule has 4 aliphatic heterocycles. The minimum atomic E-state index is -0.504. The number of aromatic nitrogens is 3. The van der Waals surface area contributed by atoms with Gasteiger partial charge in [-0.05, 0) is 75.7 Å². The highest BCUT2D eigenvalue weighted by molar-refractivity contribution is 5.92. The third-order valence-corrected chi connectivity index (χ3v) is 9.17. The molecule has 200 valence electrons. The van der Waals surface area contributed by atoms with E-state index in [1.165, 1.54) is 12.8 Å². The lowest BCUT2D eigenvalue weighted by Crippen LogP contribution is -2.51. The maximum absolute atomic E-state index is 16.3. The van der Waals surface area contributed by atoms with Crippen molar-refractivity contribution in [1.82, 2.24) is 25.2 Å². The van der Waals surface area contributed by atoms with Crippen LogP contribution in [0.4, 0.5) is 10.2 Å². The summed E-state index contributed by atoms with van der Waals surface area (Å²) in [7, 11) is 0. The van der Waals surface area contributed by atoms with Crippen molar-refractivity contribution >= 4 is 16.7 Å². The standard InChI is InChI=1S/C29H35FN6O2/c1-2-18-5-8-21(37)13-22(18)25-24(30)26-23(14-31-25)27(35-15-19-6-7-20(16-35)32-19)34-28(33-26)38-17-29-9-3-11-36(29)12-4-10-29/h5,8,13-14,19-20,32,37H,2-4,6-7,9-12,15-17H2,1H3. The Morgan fingerprint density at radius 3 is 2.63 bits per heavy atom. The van der Waals surface area contributed by atoms with Crippen molar-refractivity contribution in [3.05, 3.63) is 35.8 Å². The number of hydrogen-bond donors (Lipinski definition) is 2. The summed E-state index contributed by atoms with van der Waals surface area (Å²) < 4.78 is 22.7.